The van der Waals surface area contributed by atoms with E-state index in [1.807, 2.05) is 0 Å². The molecule has 0 radical (unpaired) electrons. The molecular formula is C14H8F4N2O. The molecule has 0 spiro atoms. The van der Waals surface area contributed by atoms with Gasteiger partial charge in [-0.1, -0.05) is 12.1 Å². The normalized spacial score (nSPS) is 12.5. The molecule has 1 unspecified atom stereocenters. The molecule has 0 bridgehead atoms. The zero-order valence-corrected chi connectivity index (χ0v) is 10.4. The minimum absolute atomic E-state index is 0.238. The number of aromatic nitrogens is 1. The fourth-order valence-electron chi connectivity index (χ4n) is 1.69. The number of pyridine rings is 1. The van der Waals surface area contributed by atoms with Gasteiger partial charge >= 0.3 is 6.18 Å². The first-order valence-corrected chi connectivity index (χ1v) is 5.75. The second-order valence-electron chi connectivity index (χ2n) is 4.05. The molecule has 7 heteroatoms. The van der Waals surface area contributed by atoms with Gasteiger partial charge in [-0.2, -0.15) is 18.4 Å². The summed E-state index contributed by atoms with van der Waals surface area (Å²) in [4.78, 5) is 3.60. The lowest BCUT2D eigenvalue weighted by Gasteiger charge is -2.22. The smallest absolute Gasteiger partial charge is 0.429 e. The Morgan fingerprint density at radius 1 is 1.19 bits per heavy atom. The number of rotatable bonds is 3. The third kappa shape index (κ3) is 3.28. The van der Waals surface area contributed by atoms with Gasteiger partial charge in [-0.15, -0.1) is 0 Å². The summed E-state index contributed by atoms with van der Waals surface area (Å²) < 4.78 is 57.5. The molecule has 0 N–H and O–H groups in total. The molecule has 21 heavy (non-hydrogen) atoms. The van der Waals surface area contributed by atoms with Gasteiger partial charge in [-0.05, 0) is 18.2 Å². The summed E-state index contributed by atoms with van der Waals surface area (Å²) in [7, 11) is 0. The molecule has 1 heterocycles. The summed E-state index contributed by atoms with van der Waals surface area (Å²) in [5, 5.41) is 8.82. The predicted octanol–water partition coefficient (Wildman–Crippen LogP) is 3.77. The van der Waals surface area contributed by atoms with Gasteiger partial charge in [0.25, 0.3) is 0 Å². The van der Waals surface area contributed by atoms with E-state index in [9.17, 15) is 17.6 Å². The van der Waals surface area contributed by atoms with Gasteiger partial charge < -0.3 is 4.74 Å². The van der Waals surface area contributed by atoms with Crippen LogP contribution in [-0.4, -0.2) is 11.2 Å². The average Bonchev–Trinajstić information content (AvgIpc) is 2.44. The van der Waals surface area contributed by atoms with Crippen molar-refractivity contribution in [2.45, 2.75) is 12.3 Å². The third-order valence-electron chi connectivity index (χ3n) is 2.62. The molecule has 1 aromatic carbocycles. The van der Waals surface area contributed by atoms with Crippen LogP contribution in [0.15, 0.2) is 42.7 Å². The van der Waals surface area contributed by atoms with Gasteiger partial charge in [-0.3, -0.25) is 4.98 Å². The van der Waals surface area contributed by atoms with E-state index >= 15 is 0 Å². The van der Waals surface area contributed by atoms with Crippen LogP contribution in [0.5, 0.6) is 5.75 Å². The van der Waals surface area contributed by atoms with Gasteiger partial charge in [0.1, 0.15) is 23.2 Å². The highest BCUT2D eigenvalue weighted by Gasteiger charge is 2.43. The minimum Gasteiger partial charge on any atom is -0.475 e. The largest absolute Gasteiger partial charge is 0.475 e. The number of benzene rings is 1. The molecule has 1 aromatic heterocycles. The molecule has 0 saturated carbocycles. The van der Waals surface area contributed by atoms with E-state index in [1.54, 1.807) is 0 Å². The molecule has 1 atom stereocenters. The van der Waals surface area contributed by atoms with E-state index in [0.717, 1.165) is 18.3 Å². The predicted molar refractivity (Wildman–Crippen MR) is 64.8 cm³/mol. The van der Waals surface area contributed by atoms with Crippen molar-refractivity contribution in [3.8, 4) is 11.8 Å². The fraction of sp³-hybridized carbons (Fsp3) is 0.143. The molecule has 0 fully saturated rings. The lowest BCUT2D eigenvalue weighted by molar-refractivity contribution is -0.198. The highest BCUT2D eigenvalue weighted by Crippen LogP contribution is 2.37. The average molecular weight is 296 g/mol. The first kappa shape index (κ1) is 14.8. The molecule has 0 aliphatic heterocycles. The maximum Gasteiger partial charge on any atom is 0.429 e. The lowest BCUT2D eigenvalue weighted by Crippen LogP contribution is -2.26. The van der Waals surface area contributed by atoms with Crippen LogP contribution in [0.4, 0.5) is 17.6 Å². The number of nitrogens with zero attached hydrogens (tertiary/aromatic N) is 2. The maximum atomic E-state index is 13.4. The standard InChI is InChI=1S/C14H8F4N2O/c15-11-4-1-5-12(10(11)7-19)21-13(14(16,17)18)9-3-2-6-20-8-9/h1-6,8,13H. The van der Waals surface area contributed by atoms with Gasteiger partial charge in [0.2, 0.25) is 6.10 Å². The van der Waals surface area contributed by atoms with Crippen LogP contribution in [-0.2, 0) is 0 Å². The van der Waals surface area contributed by atoms with Crippen LogP contribution in [0.2, 0.25) is 0 Å². The van der Waals surface area contributed by atoms with Gasteiger partial charge in [0.15, 0.2) is 0 Å². The fourth-order valence-corrected chi connectivity index (χ4v) is 1.69. The lowest BCUT2D eigenvalue weighted by atomic mass is 10.1. The van der Waals surface area contributed by atoms with Crippen molar-refractivity contribution in [1.29, 1.82) is 5.26 Å². The Morgan fingerprint density at radius 3 is 2.52 bits per heavy atom. The van der Waals surface area contributed by atoms with E-state index in [-0.39, 0.29) is 5.56 Å². The van der Waals surface area contributed by atoms with Crippen molar-refractivity contribution in [2.75, 3.05) is 0 Å². The Labute approximate surface area is 117 Å². The van der Waals surface area contributed by atoms with Crippen molar-refractivity contribution in [2.24, 2.45) is 0 Å². The second kappa shape index (κ2) is 5.79. The summed E-state index contributed by atoms with van der Waals surface area (Å²) in [6.07, 6.45) is -4.74. The van der Waals surface area contributed by atoms with Crippen molar-refractivity contribution < 1.29 is 22.3 Å². The first-order valence-electron chi connectivity index (χ1n) is 5.75. The topological polar surface area (TPSA) is 45.9 Å². The number of alkyl halides is 3. The van der Waals surface area contributed by atoms with E-state index in [4.69, 9.17) is 10.00 Å². The summed E-state index contributed by atoms with van der Waals surface area (Å²) in [5.74, 6) is -1.41. The Bertz CT molecular complexity index is 665. The van der Waals surface area contributed by atoms with Crippen molar-refractivity contribution in [3.05, 3.63) is 59.7 Å². The second-order valence-corrected chi connectivity index (χ2v) is 4.05. The molecule has 2 rings (SSSR count). The zero-order chi connectivity index (χ0) is 15.5. The van der Waals surface area contributed by atoms with Crippen LogP contribution in [0.1, 0.15) is 17.2 Å². The quantitative estimate of drug-likeness (QED) is 0.810. The molecule has 2 aromatic rings. The molecule has 0 saturated heterocycles. The number of nitriles is 1. The summed E-state index contributed by atoms with van der Waals surface area (Å²) in [6.45, 7) is 0. The van der Waals surface area contributed by atoms with Crippen LogP contribution < -0.4 is 4.74 Å². The van der Waals surface area contributed by atoms with E-state index < -0.39 is 29.4 Å². The monoisotopic (exact) mass is 296 g/mol. The highest BCUT2D eigenvalue weighted by atomic mass is 19.4. The molecule has 0 aliphatic rings. The summed E-state index contributed by atoms with van der Waals surface area (Å²) >= 11 is 0. The van der Waals surface area contributed by atoms with Crippen molar-refractivity contribution in [3.63, 3.8) is 0 Å². The van der Waals surface area contributed by atoms with Gasteiger partial charge in [-0.25, -0.2) is 4.39 Å². The number of hydrogen-bond donors (Lipinski definition) is 0. The van der Waals surface area contributed by atoms with E-state index in [0.29, 0.717) is 0 Å². The highest BCUT2D eigenvalue weighted by molar-refractivity contribution is 5.44. The summed E-state index contributed by atoms with van der Waals surface area (Å²) in [6, 6.07) is 7.25. The third-order valence-corrected chi connectivity index (χ3v) is 2.62. The van der Waals surface area contributed by atoms with Crippen LogP contribution in [0.3, 0.4) is 0 Å². The zero-order valence-electron chi connectivity index (χ0n) is 10.4. The molecule has 3 nitrogen and oxygen atoms in total. The van der Waals surface area contributed by atoms with E-state index in [2.05, 4.69) is 4.98 Å². The minimum atomic E-state index is -4.73. The molecular weight excluding hydrogens is 288 g/mol. The van der Waals surface area contributed by atoms with Crippen LogP contribution in [0.25, 0.3) is 0 Å². The van der Waals surface area contributed by atoms with E-state index in [1.165, 1.54) is 30.5 Å². The molecule has 0 aliphatic carbocycles. The first-order chi connectivity index (χ1) is 9.93. The maximum absolute atomic E-state index is 13.4. The number of halogens is 4. The van der Waals surface area contributed by atoms with Crippen molar-refractivity contribution >= 4 is 0 Å². The molecule has 0 amide bonds. The van der Waals surface area contributed by atoms with Crippen LogP contribution >= 0.6 is 0 Å². The van der Waals surface area contributed by atoms with Gasteiger partial charge in [0, 0.05) is 18.0 Å². The van der Waals surface area contributed by atoms with Crippen LogP contribution in [0, 0.1) is 17.1 Å². The molecule has 108 valence electrons. The Balaban J connectivity index is 2.43. The number of hydrogen-bond acceptors (Lipinski definition) is 3. The Kier molecular flexibility index (Phi) is 4.08. The Hall–Kier alpha value is -2.62. The van der Waals surface area contributed by atoms with Gasteiger partial charge in [0.05, 0.1) is 0 Å². The summed E-state index contributed by atoms with van der Waals surface area (Å²) in [5.41, 5.74) is -0.811. The SMILES string of the molecule is N#Cc1c(F)cccc1OC(c1cccnc1)C(F)(F)F. The number of ether oxygens (including phenoxy) is 1. The van der Waals surface area contributed by atoms with Crippen molar-refractivity contribution in [1.82, 2.24) is 4.98 Å². The Morgan fingerprint density at radius 2 is 1.95 bits per heavy atom.